The Morgan fingerprint density at radius 2 is 1.92 bits per heavy atom. The van der Waals surface area contributed by atoms with E-state index in [9.17, 15) is 0 Å². The first-order valence-electron chi connectivity index (χ1n) is 4.05. The van der Waals surface area contributed by atoms with E-state index in [1.54, 1.807) is 0 Å². The van der Waals surface area contributed by atoms with E-state index in [4.69, 9.17) is 0 Å². The molecule has 0 saturated heterocycles. The maximum absolute atomic E-state index is 3.51. The lowest BCUT2D eigenvalue weighted by Crippen LogP contribution is -2.06. The van der Waals surface area contributed by atoms with Crippen molar-refractivity contribution >= 4 is 15.9 Å². The van der Waals surface area contributed by atoms with Gasteiger partial charge in [-0.2, -0.15) is 0 Å². The number of benzene rings is 1. The van der Waals surface area contributed by atoms with E-state index >= 15 is 0 Å². The fourth-order valence-electron chi connectivity index (χ4n) is 1.22. The molecule has 1 nitrogen and oxygen atoms in total. The summed E-state index contributed by atoms with van der Waals surface area (Å²) in [5, 5.41) is 3.16. The van der Waals surface area contributed by atoms with Gasteiger partial charge in [-0.05, 0) is 43.7 Å². The number of hydrogen-bond donors (Lipinski definition) is 1. The van der Waals surface area contributed by atoms with Gasteiger partial charge in [0.1, 0.15) is 0 Å². The minimum absolute atomic E-state index is 0.944. The van der Waals surface area contributed by atoms with Crippen LogP contribution < -0.4 is 5.32 Å². The molecule has 1 rings (SSSR count). The Bertz CT molecular complexity index is 281. The summed E-state index contributed by atoms with van der Waals surface area (Å²) in [6.45, 7) is 5.19. The van der Waals surface area contributed by atoms with Crippen LogP contribution in [0.1, 0.15) is 16.7 Å². The van der Waals surface area contributed by atoms with Crippen molar-refractivity contribution in [3.05, 3.63) is 33.3 Å². The summed E-state index contributed by atoms with van der Waals surface area (Å²) in [4.78, 5) is 0. The van der Waals surface area contributed by atoms with E-state index in [1.807, 2.05) is 7.05 Å². The predicted octanol–water partition coefficient (Wildman–Crippen LogP) is 2.79. The molecule has 0 aromatic heterocycles. The summed E-state index contributed by atoms with van der Waals surface area (Å²) in [5.41, 5.74) is 4.01. The van der Waals surface area contributed by atoms with Crippen LogP contribution >= 0.6 is 15.9 Å². The third-order valence-electron chi connectivity index (χ3n) is 1.98. The van der Waals surface area contributed by atoms with Gasteiger partial charge in [0.2, 0.25) is 0 Å². The highest BCUT2D eigenvalue weighted by atomic mass is 79.9. The molecule has 0 heterocycles. The van der Waals surface area contributed by atoms with Gasteiger partial charge in [0.25, 0.3) is 0 Å². The van der Waals surface area contributed by atoms with E-state index in [1.165, 1.54) is 21.2 Å². The highest BCUT2D eigenvalue weighted by Crippen LogP contribution is 2.20. The minimum atomic E-state index is 0.944. The number of halogens is 1. The van der Waals surface area contributed by atoms with Crippen molar-refractivity contribution in [1.29, 1.82) is 0 Å². The maximum Gasteiger partial charge on any atom is 0.0207 e. The standard InChI is InChI=1S/C10H14BrN/c1-7-5-10(11)8(2)4-9(7)6-12-3/h4-5,12H,6H2,1-3H3. The van der Waals surface area contributed by atoms with Crippen LogP contribution in [0, 0.1) is 13.8 Å². The molecule has 0 aliphatic heterocycles. The average Bonchev–Trinajstić information content (AvgIpc) is 2.01. The molecular formula is C10H14BrN. The molecule has 1 aromatic carbocycles. The van der Waals surface area contributed by atoms with E-state index in [0.717, 1.165) is 6.54 Å². The van der Waals surface area contributed by atoms with Crippen LogP contribution in [-0.2, 0) is 6.54 Å². The molecule has 0 spiro atoms. The molecule has 0 aliphatic rings. The summed E-state index contributed by atoms with van der Waals surface area (Å²) in [5.74, 6) is 0. The van der Waals surface area contributed by atoms with Crippen molar-refractivity contribution in [3.63, 3.8) is 0 Å². The lowest BCUT2D eigenvalue weighted by molar-refractivity contribution is 0.811. The summed E-state index contributed by atoms with van der Waals surface area (Å²) >= 11 is 3.51. The molecule has 0 saturated carbocycles. The summed E-state index contributed by atoms with van der Waals surface area (Å²) in [6, 6.07) is 4.39. The highest BCUT2D eigenvalue weighted by molar-refractivity contribution is 9.10. The quantitative estimate of drug-likeness (QED) is 0.820. The van der Waals surface area contributed by atoms with E-state index in [0.29, 0.717) is 0 Å². The molecular weight excluding hydrogens is 214 g/mol. The Labute approximate surface area is 82.3 Å². The Balaban J connectivity index is 3.05. The molecule has 1 N–H and O–H groups in total. The first-order chi connectivity index (χ1) is 5.65. The highest BCUT2D eigenvalue weighted by Gasteiger charge is 2.00. The van der Waals surface area contributed by atoms with Crippen LogP contribution in [0.4, 0.5) is 0 Å². The van der Waals surface area contributed by atoms with E-state index < -0.39 is 0 Å². The largest absolute Gasteiger partial charge is 0.316 e. The third kappa shape index (κ3) is 2.08. The Hall–Kier alpha value is -0.340. The first kappa shape index (κ1) is 9.75. The Morgan fingerprint density at radius 3 is 2.50 bits per heavy atom. The number of rotatable bonds is 2. The van der Waals surface area contributed by atoms with Crippen molar-refractivity contribution in [2.45, 2.75) is 20.4 Å². The first-order valence-corrected chi connectivity index (χ1v) is 4.84. The molecule has 0 amide bonds. The fraction of sp³-hybridized carbons (Fsp3) is 0.400. The van der Waals surface area contributed by atoms with Crippen LogP contribution in [-0.4, -0.2) is 7.05 Å². The van der Waals surface area contributed by atoms with Gasteiger partial charge in [0.15, 0.2) is 0 Å². The molecule has 0 unspecified atom stereocenters. The van der Waals surface area contributed by atoms with Crippen molar-refractivity contribution in [3.8, 4) is 0 Å². The molecule has 66 valence electrons. The van der Waals surface area contributed by atoms with Crippen molar-refractivity contribution < 1.29 is 0 Å². The third-order valence-corrected chi connectivity index (χ3v) is 2.84. The molecule has 0 aliphatic carbocycles. The second-order valence-corrected chi connectivity index (χ2v) is 3.91. The molecule has 0 fully saturated rings. The Kier molecular flexibility index (Phi) is 3.29. The van der Waals surface area contributed by atoms with Crippen LogP contribution in [0.15, 0.2) is 16.6 Å². The van der Waals surface area contributed by atoms with E-state index in [2.05, 4.69) is 47.2 Å². The number of nitrogens with one attached hydrogen (secondary N) is 1. The van der Waals surface area contributed by atoms with Crippen LogP contribution in [0.2, 0.25) is 0 Å². The SMILES string of the molecule is CNCc1cc(C)c(Br)cc1C. The average molecular weight is 228 g/mol. The summed E-state index contributed by atoms with van der Waals surface area (Å²) in [7, 11) is 1.97. The minimum Gasteiger partial charge on any atom is -0.316 e. The predicted molar refractivity (Wildman–Crippen MR) is 56.4 cm³/mol. The van der Waals surface area contributed by atoms with Gasteiger partial charge in [-0.15, -0.1) is 0 Å². The van der Waals surface area contributed by atoms with E-state index in [-0.39, 0.29) is 0 Å². The van der Waals surface area contributed by atoms with Crippen LogP contribution in [0.3, 0.4) is 0 Å². The normalized spacial score (nSPS) is 10.3. The van der Waals surface area contributed by atoms with Crippen molar-refractivity contribution in [2.75, 3.05) is 7.05 Å². The second kappa shape index (κ2) is 4.06. The zero-order chi connectivity index (χ0) is 9.14. The number of hydrogen-bond acceptors (Lipinski definition) is 1. The van der Waals surface area contributed by atoms with Gasteiger partial charge in [0, 0.05) is 11.0 Å². The molecule has 2 heteroatoms. The lowest BCUT2D eigenvalue weighted by atomic mass is 10.1. The monoisotopic (exact) mass is 227 g/mol. The second-order valence-electron chi connectivity index (χ2n) is 3.06. The molecule has 0 bridgehead atoms. The van der Waals surface area contributed by atoms with Crippen molar-refractivity contribution in [1.82, 2.24) is 5.32 Å². The summed E-state index contributed by atoms with van der Waals surface area (Å²) in [6.07, 6.45) is 0. The lowest BCUT2D eigenvalue weighted by Gasteiger charge is -2.07. The zero-order valence-corrected chi connectivity index (χ0v) is 9.33. The Morgan fingerprint density at radius 1 is 1.25 bits per heavy atom. The van der Waals surface area contributed by atoms with Gasteiger partial charge in [-0.25, -0.2) is 0 Å². The molecule has 12 heavy (non-hydrogen) atoms. The number of aryl methyl sites for hydroxylation is 2. The fourth-order valence-corrected chi connectivity index (χ4v) is 1.68. The van der Waals surface area contributed by atoms with Gasteiger partial charge in [-0.3, -0.25) is 0 Å². The molecule has 0 radical (unpaired) electrons. The summed E-state index contributed by atoms with van der Waals surface area (Å²) < 4.78 is 1.19. The molecule has 0 atom stereocenters. The van der Waals surface area contributed by atoms with Crippen molar-refractivity contribution in [2.24, 2.45) is 0 Å². The topological polar surface area (TPSA) is 12.0 Å². The smallest absolute Gasteiger partial charge is 0.0207 e. The van der Waals surface area contributed by atoms with Gasteiger partial charge < -0.3 is 5.32 Å². The van der Waals surface area contributed by atoms with Gasteiger partial charge in [0.05, 0.1) is 0 Å². The zero-order valence-electron chi connectivity index (χ0n) is 7.74. The van der Waals surface area contributed by atoms with Gasteiger partial charge >= 0.3 is 0 Å². The van der Waals surface area contributed by atoms with Crippen LogP contribution in [0.25, 0.3) is 0 Å². The molecule has 1 aromatic rings. The maximum atomic E-state index is 3.51. The van der Waals surface area contributed by atoms with Gasteiger partial charge in [-0.1, -0.05) is 22.0 Å². The van der Waals surface area contributed by atoms with Crippen LogP contribution in [0.5, 0.6) is 0 Å².